The largest absolute Gasteiger partial charge is 0.388 e. The molecule has 130 valence electrons. The third-order valence-electron chi connectivity index (χ3n) is 4.41. The van der Waals surface area contributed by atoms with E-state index in [0.717, 1.165) is 11.3 Å². The minimum atomic E-state index is -0.845. The Morgan fingerprint density at radius 3 is 2.75 bits per heavy atom. The van der Waals surface area contributed by atoms with Gasteiger partial charge in [-0.15, -0.1) is 0 Å². The molecular formula is C18H26N4O2. The first kappa shape index (κ1) is 18.0. The molecule has 0 bridgehead atoms. The minimum absolute atomic E-state index is 0.148. The van der Waals surface area contributed by atoms with Gasteiger partial charge in [-0.25, -0.2) is 9.78 Å². The number of hydrogen-bond acceptors (Lipinski definition) is 3. The van der Waals surface area contributed by atoms with Crippen LogP contribution in [0.25, 0.3) is 5.69 Å². The fourth-order valence-corrected chi connectivity index (χ4v) is 2.44. The predicted molar refractivity (Wildman–Crippen MR) is 94.0 cm³/mol. The molecule has 0 spiro atoms. The summed E-state index contributed by atoms with van der Waals surface area (Å²) in [5, 5.41) is 15.9. The van der Waals surface area contributed by atoms with Crippen LogP contribution in [0.4, 0.5) is 4.79 Å². The van der Waals surface area contributed by atoms with Gasteiger partial charge < -0.3 is 20.3 Å². The second-order valence-corrected chi connectivity index (χ2v) is 6.05. The summed E-state index contributed by atoms with van der Waals surface area (Å²) in [6.45, 7) is 5.99. The van der Waals surface area contributed by atoms with Gasteiger partial charge in [0.05, 0.1) is 18.0 Å². The van der Waals surface area contributed by atoms with Crippen molar-refractivity contribution in [3.63, 3.8) is 0 Å². The molecule has 24 heavy (non-hydrogen) atoms. The molecule has 0 aliphatic rings. The van der Waals surface area contributed by atoms with Gasteiger partial charge in [0.2, 0.25) is 0 Å². The average Bonchev–Trinajstić information content (AvgIpc) is 3.14. The summed E-state index contributed by atoms with van der Waals surface area (Å²) in [5.74, 6) is 0. The first-order valence-corrected chi connectivity index (χ1v) is 8.32. The molecule has 2 rings (SSSR count). The molecule has 1 aromatic carbocycles. The Kier molecular flexibility index (Phi) is 5.98. The zero-order valence-electron chi connectivity index (χ0n) is 14.5. The molecule has 6 nitrogen and oxygen atoms in total. The fourth-order valence-electron chi connectivity index (χ4n) is 2.44. The van der Waals surface area contributed by atoms with Gasteiger partial charge in [0.15, 0.2) is 0 Å². The third-order valence-corrected chi connectivity index (χ3v) is 4.41. The van der Waals surface area contributed by atoms with E-state index in [1.807, 2.05) is 55.8 Å². The molecule has 1 unspecified atom stereocenters. The molecule has 0 saturated heterocycles. The lowest BCUT2D eigenvalue weighted by atomic mass is 9.98. The number of rotatable bonds is 7. The van der Waals surface area contributed by atoms with E-state index in [1.54, 1.807) is 12.5 Å². The number of aromatic nitrogens is 2. The lowest BCUT2D eigenvalue weighted by Gasteiger charge is -2.26. The van der Waals surface area contributed by atoms with Gasteiger partial charge in [0.1, 0.15) is 0 Å². The Morgan fingerprint density at radius 1 is 1.38 bits per heavy atom. The number of hydrogen-bond donors (Lipinski definition) is 3. The van der Waals surface area contributed by atoms with Crippen LogP contribution >= 0.6 is 0 Å². The highest BCUT2D eigenvalue weighted by Crippen LogP contribution is 2.17. The van der Waals surface area contributed by atoms with Gasteiger partial charge in [-0.2, -0.15) is 0 Å². The lowest BCUT2D eigenvalue weighted by molar-refractivity contribution is 0.0349. The number of benzene rings is 1. The maximum absolute atomic E-state index is 12.1. The molecule has 2 aromatic rings. The van der Waals surface area contributed by atoms with Crippen molar-refractivity contribution in [2.75, 3.05) is 6.54 Å². The van der Waals surface area contributed by atoms with E-state index in [2.05, 4.69) is 15.6 Å². The van der Waals surface area contributed by atoms with Crippen molar-refractivity contribution in [1.29, 1.82) is 0 Å². The zero-order valence-corrected chi connectivity index (χ0v) is 14.5. The van der Waals surface area contributed by atoms with Crippen molar-refractivity contribution in [3.05, 3.63) is 48.5 Å². The van der Waals surface area contributed by atoms with Crippen molar-refractivity contribution in [2.24, 2.45) is 0 Å². The van der Waals surface area contributed by atoms with Gasteiger partial charge in [-0.1, -0.05) is 26.0 Å². The van der Waals surface area contributed by atoms with Gasteiger partial charge in [-0.05, 0) is 37.5 Å². The van der Waals surface area contributed by atoms with Crippen LogP contribution in [0, 0.1) is 0 Å². The first-order valence-electron chi connectivity index (χ1n) is 8.32. The van der Waals surface area contributed by atoms with E-state index in [-0.39, 0.29) is 18.6 Å². The summed E-state index contributed by atoms with van der Waals surface area (Å²) in [7, 11) is 0. The summed E-state index contributed by atoms with van der Waals surface area (Å²) in [6, 6.07) is 7.50. The van der Waals surface area contributed by atoms with Crippen LogP contribution in [0.1, 0.15) is 45.2 Å². The van der Waals surface area contributed by atoms with E-state index in [4.69, 9.17) is 0 Å². The molecule has 0 fully saturated rings. The van der Waals surface area contributed by atoms with Crippen molar-refractivity contribution in [1.82, 2.24) is 20.2 Å². The van der Waals surface area contributed by atoms with Crippen LogP contribution in [0.15, 0.2) is 43.0 Å². The molecular weight excluding hydrogens is 304 g/mol. The molecule has 1 atom stereocenters. The molecule has 1 aromatic heterocycles. The summed E-state index contributed by atoms with van der Waals surface area (Å²) >= 11 is 0. The topological polar surface area (TPSA) is 79.2 Å². The number of imidazole rings is 1. The van der Waals surface area contributed by atoms with E-state index < -0.39 is 5.60 Å². The number of urea groups is 1. The number of nitrogens with one attached hydrogen (secondary N) is 2. The van der Waals surface area contributed by atoms with Crippen LogP contribution < -0.4 is 10.6 Å². The summed E-state index contributed by atoms with van der Waals surface area (Å²) < 4.78 is 1.92. The second-order valence-electron chi connectivity index (χ2n) is 6.05. The molecule has 0 radical (unpaired) electrons. The molecule has 1 heterocycles. The summed E-state index contributed by atoms with van der Waals surface area (Å²) in [4.78, 5) is 16.1. The molecule has 3 N–H and O–H groups in total. The monoisotopic (exact) mass is 330 g/mol. The highest BCUT2D eigenvalue weighted by molar-refractivity contribution is 5.74. The van der Waals surface area contributed by atoms with Gasteiger partial charge in [-0.3, -0.25) is 0 Å². The van der Waals surface area contributed by atoms with Gasteiger partial charge in [0.25, 0.3) is 0 Å². The average molecular weight is 330 g/mol. The van der Waals surface area contributed by atoms with Crippen molar-refractivity contribution >= 4 is 6.03 Å². The van der Waals surface area contributed by atoms with Crippen LogP contribution in [0.2, 0.25) is 0 Å². The standard InChI is InChI=1S/C18H26N4O2/c1-4-18(24,5-2)12-20-17(23)21-14(3)15-7-6-8-16(11-15)22-10-9-19-13-22/h6-11,13-14,24H,4-5,12H2,1-3H3,(H2,20,21,23). The number of nitrogens with zero attached hydrogens (tertiary/aromatic N) is 2. The van der Waals surface area contributed by atoms with Gasteiger partial charge in [0, 0.05) is 24.6 Å². The smallest absolute Gasteiger partial charge is 0.315 e. The highest BCUT2D eigenvalue weighted by atomic mass is 16.3. The van der Waals surface area contributed by atoms with Crippen molar-refractivity contribution in [2.45, 2.75) is 45.3 Å². The quantitative estimate of drug-likeness (QED) is 0.730. The molecule has 2 amide bonds. The van der Waals surface area contributed by atoms with E-state index >= 15 is 0 Å². The predicted octanol–water partition coefficient (Wildman–Crippen LogP) is 2.78. The van der Waals surface area contributed by atoms with Gasteiger partial charge >= 0.3 is 6.03 Å². The summed E-state index contributed by atoms with van der Waals surface area (Å²) in [6.07, 6.45) is 6.55. The molecule has 0 aliphatic heterocycles. The third kappa shape index (κ3) is 4.58. The second kappa shape index (κ2) is 7.97. The number of carbonyl (C=O) groups is 1. The SMILES string of the molecule is CCC(O)(CC)CNC(=O)NC(C)c1cccc(-n2ccnc2)c1. The summed E-state index contributed by atoms with van der Waals surface area (Å²) in [5.41, 5.74) is 1.14. The maximum atomic E-state index is 12.1. The first-order chi connectivity index (χ1) is 11.5. The fraction of sp³-hybridized carbons (Fsp3) is 0.444. The van der Waals surface area contributed by atoms with E-state index in [9.17, 15) is 9.90 Å². The zero-order chi connectivity index (χ0) is 17.6. The number of carbonyl (C=O) groups excluding carboxylic acids is 1. The van der Waals surface area contributed by atoms with E-state index in [1.165, 1.54) is 0 Å². The van der Waals surface area contributed by atoms with Crippen LogP contribution in [-0.2, 0) is 0 Å². The maximum Gasteiger partial charge on any atom is 0.315 e. The van der Waals surface area contributed by atoms with Crippen LogP contribution in [0.5, 0.6) is 0 Å². The Balaban J connectivity index is 1.96. The Bertz CT molecular complexity index is 651. The Hall–Kier alpha value is -2.34. The van der Waals surface area contributed by atoms with Crippen LogP contribution in [0.3, 0.4) is 0 Å². The Labute approximate surface area is 142 Å². The molecule has 6 heteroatoms. The van der Waals surface area contributed by atoms with Crippen LogP contribution in [-0.4, -0.2) is 32.8 Å². The lowest BCUT2D eigenvalue weighted by Crippen LogP contribution is -2.46. The number of amides is 2. The molecule has 0 saturated carbocycles. The van der Waals surface area contributed by atoms with Crippen molar-refractivity contribution in [3.8, 4) is 5.69 Å². The molecule has 0 aliphatic carbocycles. The van der Waals surface area contributed by atoms with Crippen molar-refractivity contribution < 1.29 is 9.90 Å². The number of aliphatic hydroxyl groups is 1. The highest BCUT2D eigenvalue weighted by Gasteiger charge is 2.23. The van der Waals surface area contributed by atoms with E-state index in [0.29, 0.717) is 12.8 Å². The normalized spacial score (nSPS) is 12.7. The Morgan fingerprint density at radius 2 is 2.12 bits per heavy atom. The minimum Gasteiger partial charge on any atom is -0.388 e.